The number of anilines is 1. The molecule has 2 aromatic heterocycles. The maximum absolute atomic E-state index is 12.1. The maximum atomic E-state index is 12.1. The topological polar surface area (TPSA) is 97.0 Å². The van der Waals surface area contributed by atoms with Crippen LogP contribution in [-0.4, -0.2) is 30.0 Å². The summed E-state index contributed by atoms with van der Waals surface area (Å²) in [5.74, 6) is 0.765. The Kier molecular flexibility index (Phi) is 3.70. The smallest absolute Gasteiger partial charge is 0.279 e. The lowest BCUT2D eigenvalue weighted by atomic mass is 10.4. The van der Waals surface area contributed by atoms with Gasteiger partial charge in [0.05, 0.1) is 12.8 Å². The number of imidazole rings is 1. The molecule has 19 heavy (non-hydrogen) atoms. The minimum atomic E-state index is -3.72. The summed E-state index contributed by atoms with van der Waals surface area (Å²) in [5, 5.41) is -0.00342. The van der Waals surface area contributed by atoms with Gasteiger partial charge in [0.2, 0.25) is 5.88 Å². The second-order valence-corrected chi connectivity index (χ2v) is 5.38. The molecule has 7 nitrogen and oxygen atoms in total. The molecule has 2 heterocycles. The second-order valence-electron chi connectivity index (χ2n) is 3.73. The molecule has 0 aliphatic carbocycles. The normalized spacial score (nSPS) is 11.3. The Morgan fingerprint density at radius 2 is 2.21 bits per heavy atom. The highest BCUT2D eigenvalue weighted by atomic mass is 32.2. The van der Waals surface area contributed by atoms with Gasteiger partial charge >= 0.3 is 0 Å². The highest BCUT2D eigenvalue weighted by molar-refractivity contribution is 7.92. The fourth-order valence-electron chi connectivity index (χ4n) is 1.45. The first kappa shape index (κ1) is 13.3. The lowest BCUT2D eigenvalue weighted by Gasteiger charge is -2.10. The summed E-state index contributed by atoms with van der Waals surface area (Å²) in [4.78, 5) is 10.5. The summed E-state index contributed by atoms with van der Waals surface area (Å²) < 4.78 is 31.9. The van der Waals surface area contributed by atoms with Gasteiger partial charge in [0.15, 0.2) is 5.03 Å². The average Bonchev–Trinajstić information content (AvgIpc) is 2.79. The van der Waals surface area contributed by atoms with Gasteiger partial charge < -0.3 is 9.72 Å². The van der Waals surface area contributed by atoms with Gasteiger partial charge in [-0.05, 0) is 26.0 Å². The molecule has 2 aromatic rings. The number of pyridine rings is 1. The number of aryl methyl sites for hydroxylation is 1. The fraction of sp³-hybridized carbons (Fsp3) is 0.273. The first-order valence-electron chi connectivity index (χ1n) is 5.65. The van der Waals surface area contributed by atoms with Gasteiger partial charge in [0.25, 0.3) is 10.0 Å². The van der Waals surface area contributed by atoms with Crippen LogP contribution in [0, 0.1) is 6.92 Å². The Balaban J connectivity index is 2.30. The molecule has 0 bridgehead atoms. The zero-order valence-corrected chi connectivity index (χ0v) is 11.4. The molecule has 0 aromatic carbocycles. The van der Waals surface area contributed by atoms with Crippen LogP contribution in [0.2, 0.25) is 0 Å². The molecule has 0 saturated carbocycles. The van der Waals surface area contributed by atoms with Crippen LogP contribution in [0.15, 0.2) is 29.6 Å². The molecular weight excluding hydrogens is 268 g/mol. The van der Waals surface area contributed by atoms with E-state index in [0.29, 0.717) is 12.4 Å². The number of aromatic amines is 1. The zero-order chi connectivity index (χ0) is 13.9. The maximum Gasteiger partial charge on any atom is 0.279 e. The third-order valence-electron chi connectivity index (χ3n) is 2.27. The minimum Gasteiger partial charge on any atom is -0.476 e. The first-order valence-corrected chi connectivity index (χ1v) is 7.13. The summed E-state index contributed by atoms with van der Waals surface area (Å²) in [7, 11) is -3.72. The van der Waals surface area contributed by atoms with Crippen molar-refractivity contribution < 1.29 is 13.2 Å². The van der Waals surface area contributed by atoms with E-state index in [2.05, 4.69) is 19.7 Å². The van der Waals surface area contributed by atoms with Crippen molar-refractivity contribution in [3.05, 3.63) is 30.4 Å². The molecule has 0 atom stereocenters. The molecule has 0 fully saturated rings. The molecule has 2 rings (SSSR count). The van der Waals surface area contributed by atoms with Crippen LogP contribution in [-0.2, 0) is 10.0 Å². The van der Waals surface area contributed by atoms with Gasteiger partial charge in [0.1, 0.15) is 11.5 Å². The van der Waals surface area contributed by atoms with Crippen molar-refractivity contribution in [2.75, 3.05) is 11.3 Å². The van der Waals surface area contributed by atoms with Gasteiger partial charge in [-0.3, -0.25) is 4.72 Å². The van der Waals surface area contributed by atoms with E-state index in [0.717, 1.165) is 0 Å². The Labute approximate surface area is 111 Å². The standard InChI is InChI=1S/C11H14N4O3S/c1-3-18-11-9(5-4-6-12-11)15-19(16,17)10-7-13-8(2)14-10/h4-7,15H,3H2,1-2H3,(H,13,14). The predicted octanol–water partition coefficient (Wildman–Crippen LogP) is 1.31. The highest BCUT2D eigenvalue weighted by Crippen LogP contribution is 2.23. The van der Waals surface area contributed by atoms with Crippen molar-refractivity contribution in [3.8, 4) is 5.88 Å². The van der Waals surface area contributed by atoms with Crippen molar-refractivity contribution >= 4 is 15.7 Å². The first-order chi connectivity index (χ1) is 9.03. The Morgan fingerprint density at radius 3 is 2.84 bits per heavy atom. The van der Waals surface area contributed by atoms with Gasteiger partial charge in [0, 0.05) is 6.20 Å². The summed E-state index contributed by atoms with van der Waals surface area (Å²) in [5.41, 5.74) is 0.289. The molecule has 0 saturated heterocycles. The fourth-order valence-corrected chi connectivity index (χ4v) is 2.48. The molecule has 0 aliphatic rings. The number of nitrogens with zero attached hydrogens (tertiary/aromatic N) is 2. The average molecular weight is 282 g/mol. The number of rotatable bonds is 5. The minimum absolute atomic E-state index is 0.00342. The molecule has 102 valence electrons. The van der Waals surface area contributed by atoms with Gasteiger partial charge in [-0.2, -0.15) is 8.42 Å². The monoisotopic (exact) mass is 282 g/mol. The molecule has 0 spiro atoms. The molecule has 2 N–H and O–H groups in total. The van der Waals surface area contributed by atoms with Gasteiger partial charge in [-0.15, -0.1) is 0 Å². The van der Waals surface area contributed by atoms with Crippen LogP contribution in [0.3, 0.4) is 0 Å². The van der Waals surface area contributed by atoms with Gasteiger partial charge in [-0.1, -0.05) is 0 Å². The number of hydrogen-bond acceptors (Lipinski definition) is 5. The van der Waals surface area contributed by atoms with Crippen molar-refractivity contribution in [3.63, 3.8) is 0 Å². The molecule has 0 aliphatic heterocycles. The van der Waals surface area contributed by atoms with E-state index in [1.807, 2.05) is 0 Å². The van der Waals surface area contributed by atoms with Crippen LogP contribution in [0.5, 0.6) is 5.88 Å². The van der Waals surface area contributed by atoms with Crippen LogP contribution in [0.4, 0.5) is 5.69 Å². The van der Waals surface area contributed by atoms with Crippen LogP contribution in [0.25, 0.3) is 0 Å². The summed E-state index contributed by atoms with van der Waals surface area (Å²) in [6, 6.07) is 3.21. The van der Waals surface area contributed by atoms with Crippen molar-refractivity contribution in [2.24, 2.45) is 0 Å². The number of H-pyrrole nitrogens is 1. The molecule has 0 amide bonds. The van der Waals surface area contributed by atoms with E-state index >= 15 is 0 Å². The number of hydrogen-bond donors (Lipinski definition) is 2. The third kappa shape index (κ3) is 3.02. The Morgan fingerprint density at radius 1 is 1.42 bits per heavy atom. The quantitative estimate of drug-likeness (QED) is 0.861. The molecule has 8 heteroatoms. The van der Waals surface area contributed by atoms with Gasteiger partial charge in [-0.25, -0.2) is 9.97 Å². The lowest BCUT2D eigenvalue weighted by Crippen LogP contribution is -2.14. The SMILES string of the molecule is CCOc1ncccc1NS(=O)(=O)c1cnc(C)[nH]1. The Bertz CT molecular complexity index is 666. The highest BCUT2D eigenvalue weighted by Gasteiger charge is 2.18. The third-order valence-corrected chi connectivity index (χ3v) is 3.54. The predicted molar refractivity (Wildman–Crippen MR) is 69.5 cm³/mol. The van der Waals surface area contributed by atoms with Crippen molar-refractivity contribution in [2.45, 2.75) is 18.9 Å². The van der Waals surface area contributed by atoms with Crippen molar-refractivity contribution in [1.82, 2.24) is 15.0 Å². The molecule has 0 unspecified atom stereocenters. The summed E-state index contributed by atoms with van der Waals surface area (Å²) in [6.45, 7) is 3.87. The number of sulfonamides is 1. The zero-order valence-electron chi connectivity index (χ0n) is 10.5. The largest absolute Gasteiger partial charge is 0.476 e. The number of nitrogens with one attached hydrogen (secondary N) is 2. The summed E-state index contributed by atoms with van der Waals surface area (Å²) in [6.07, 6.45) is 2.79. The molecular formula is C11H14N4O3S. The van der Waals surface area contributed by atoms with E-state index in [1.54, 1.807) is 26.0 Å². The van der Waals surface area contributed by atoms with E-state index < -0.39 is 10.0 Å². The van der Waals surface area contributed by atoms with E-state index in [-0.39, 0.29) is 16.6 Å². The van der Waals surface area contributed by atoms with Crippen LogP contribution < -0.4 is 9.46 Å². The number of ether oxygens (including phenoxy) is 1. The van der Waals surface area contributed by atoms with E-state index in [1.165, 1.54) is 12.4 Å². The Hall–Kier alpha value is -2.09. The van der Waals surface area contributed by atoms with Crippen LogP contribution in [0.1, 0.15) is 12.7 Å². The second kappa shape index (κ2) is 5.27. The van der Waals surface area contributed by atoms with Crippen molar-refractivity contribution in [1.29, 1.82) is 0 Å². The van der Waals surface area contributed by atoms with E-state index in [9.17, 15) is 8.42 Å². The van der Waals surface area contributed by atoms with E-state index in [4.69, 9.17) is 4.74 Å². The van der Waals surface area contributed by atoms with Crippen LogP contribution >= 0.6 is 0 Å². The number of aromatic nitrogens is 3. The lowest BCUT2D eigenvalue weighted by molar-refractivity contribution is 0.329. The summed E-state index contributed by atoms with van der Waals surface area (Å²) >= 11 is 0. The molecule has 0 radical (unpaired) electrons.